The molecule has 8 heteroatoms. The molecule has 4 rings (SSSR count). The molecule has 34 heavy (non-hydrogen) atoms. The van der Waals surface area contributed by atoms with Gasteiger partial charge in [0.2, 0.25) is 0 Å². The van der Waals surface area contributed by atoms with E-state index in [1.807, 2.05) is 43.9 Å². The first-order valence-corrected chi connectivity index (χ1v) is 12.8. The van der Waals surface area contributed by atoms with Crippen LogP contribution in [0, 0.1) is 5.41 Å². The maximum Gasteiger partial charge on any atom is 0.410 e. The van der Waals surface area contributed by atoms with Crippen molar-refractivity contribution >= 4 is 29.3 Å². The molecule has 1 aromatic rings. The molecule has 2 amide bonds. The summed E-state index contributed by atoms with van der Waals surface area (Å²) in [6.45, 7) is 11.6. The standard InChI is InChI=1S/C26H39ClN4O3/c1-25(2,3)34-24(33)30-14-10-26(11-15-30)17-31(18-26)19-8-12-29(13-9-19)20-6-7-21(22(27)16-20)23(32)28(4)5/h6-7,16,19H,8-15,17-18H2,1-5H3. The molecule has 0 N–H and O–H groups in total. The molecule has 0 bridgehead atoms. The third-order valence-corrected chi connectivity index (χ3v) is 7.80. The number of benzene rings is 1. The van der Waals surface area contributed by atoms with Crippen molar-refractivity contribution in [2.45, 2.75) is 58.1 Å². The van der Waals surface area contributed by atoms with Gasteiger partial charge in [0, 0.05) is 65.1 Å². The number of ether oxygens (including phenoxy) is 1. The number of carbonyl (C=O) groups is 2. The van der Waals surface area contributed by atoms with Crippen LogP contribution < -0.4 is 4.90 Å². The van der Waals surface area contributed by atoms with Crippen LogP contribution in [-0.4, -0.2) is 91.7 Å². The number of piperidine rings is 2. The number of nitrogens with zero attached hydrogens (tertiary/aromatic N) is 4. The second-order valence-electron chi connectivity index (χ2n) is 11.5. The Kier molecular flexibility index (Phi) is 7.07. The fraction of sp³-hybridized carbons (Fsp3) is 0.692. The SMILES string of the molecule is CN(C)C(=O)c1ccc(N2CCC(N3CC4(CCN(C(=O)OC(C)(C)C)CC4)C3)CC2)cc1Cl. The van der Waals surface area contributed by atoms with Gasteiger partial charge in [-0.15, -0.1) is 0 Å². The molecule has 0 radical (unpaired) electrons. The van der Waals surface area contributed by atoms with Gasteiger partial charge >= 0.3 is 6.09 Å². The Balaban J connectivity index is 1.23. The Bertz CT molecular complexity index is 905. The van der Waals surface area contributed by atoms with Crippen molar-refractivity contribution in [1.82, 2.24) is 14.7 Å². The zero-order valence-corrected chi connectivity index (χ0v) is 22.0. The van der Waals surface area contributed by atoms with Crippen LogP contribution in [0.15, 0.2) is 18.2 Å². The lowest BCUT2D eigenvalue weighted by Crippen LogP contribution is -2.64. The quantitative estimate of drug-likeness (QED) is 0.630. The number of carbonyl (C=O) groups excluding carboxylic acids is 2. The first kappa shape index (κ1) is 25.1. The molecule has 3 saturated heterocycles. The second-order valence-corrected chi connectivity index (χ2v) is 11.9. The first-order valence-electron chi connectivity index (χ1n) is 12.4. The molecule has 3 fully saturated rings. The number of amides is 2. The maximum atomic E-state index is 12.4. The van der Waals surface area contributed by atoms with Crippen molar-refractivity contribution in [3.8, 4) is 0 Å². The van der Waals surface area contributed by atoms with Crippen LogP contribution >= 0.6 is 11.6 Å². The number of hydrogen-bond acceptors (Lipinski definition) is 5. The molecular formula is C26H39ClN4O3. The molecule has 0 atom stereocenters. The van der Waals surface area contributed by atoms with Gasteiger partial charge in [-0.05, 0) is 70.1 Å². The van der Waals surface area contributed by atoms with E-state index in [9.17, 15) is 9.59 Å². The Labute approximate surface area is 208 Å². The summed E-state index contributed by atoms with van der Waals surface area (Å²) in [6.07, 6.45) is 4.23. The molecule has 0 saturated carbocycles. The lowest BCUT2D eigenvalue weighted by molar-refractivity contribution is -0.0748. The highest BCUT2D eigenvalue weighted by atomic mass is 35.5. The van der Waals surface area contributed by atoms with Gasteiger partial charge in [-0.1, -0.05) is 11.6 Å². The van der Waals surface area contributed by atoms with Crippen molar-refractivity contribution in [3.63, 3.8) is 0 Å². The second kappa shape index (κ2) is 9.57. The van der Waals surface area contributed by atoms with Crippen molar-refractivity contribution in [1.29, 1.82) is 0 Å². The number of rotatable bonds is 3. The van der Waals surface area contributed by atoms with E-state index in [0.29, 0.717) is 22.0 Å². The van der Waals surface area contributed by atoms with E-state index >= 15 is 0 Å². The third-order valence-electron chi connectivity index (χ3n) is 7.49. The summed E-state index contributed by atoms with van der Waals surface area (Å²) < 4.78 is 5.54. The summed E-state index contributed by atoms with van der Waals surface area (Å²) in [5, 5.41) is 0.515. The van der Waals surface area contributed by atoms with E-state index in [0.717, 1.165) is 70.6 Å². The zero-order chi connectivity index (χ0) is 24.7. The number of likely N-dealkylation sites (tertiary alicyclic amines) is 2. The van der Waals surface area contributed by atoms with Crippen LogP contribution in [0.5, 0.6) is 0 Å². The summed E-state index contributed by atoms with van der Waals surface area (Å²) in [5.41, 5.74) is 1.57. The summed E-state index contributed by atoms with van der Waals surface area (Å²) in [6, 6.07) is 6.40. The van der Waals surface area contributed by atoms with Crippen molar-refractivity contribution in [2.24, 2.45) is 5.41 Å². The number of anilines is 1. The Morgan fingerprint density at radius 3 is 2.21 bits per heavy atom. The molecule has 0 unspecified atom stereocenters. The molecule has 1 spiro atoms. The molecule has 3 heterocycles. The molecule has 0 aliphatic carbocycles. The lowest BCUT2D eigenvalue weighted by Gasteiger charge is -2.57. The lowest BCUT2D eigenvalue weighted by atomic mass is 9.71. The van der Waals surface area contributed by atoms with Gasteiger partial charge in [0.1, 0.15) is 5.60 Å². The zero-order valence-electron chi connectivity index (χ0n) is 21.3. The molecular weight excluding hydrogens is 452 g/mol. The van der Waals surface area contributed by atoms with Crippen LogP contribution in [0.25, 0.3) is 0 Å². The first-order chi connectivity index (χ1) is 16.0. The highest BCUT2D eigenvalue weighted by Gasteiger charge is 2.48. The van der Waals surface area contributed by atoms with Crippen LogP contribution in [0.1, 0.15) is 56.8 Å². The van der Waals surface area contributed by atoms with Gasteiger partial charge < -0.3 is 19.4 Å². The maximum absolute atomic E-state index is 12.4. The monoisotopic (exact) mass is 490 g/mol. The van der Waals surface area contributed by atoms with E-state index in [4.69, 9.17) is 16.3 Å². The van der Waals surface area contributed by atoms with Gasteiger partial charge in [-0.3, -0.25) is 9.69 Å². The Hall–Kier alpha value is -1.99. The highest BCUT2D eigenvalue weighted by molar-refractivity contribution is 6.34. The fourth-order valence-corrected chi connectivity index (χ4v) is 5.74. The van der Waals surface area contributed by atoms with Gasteiger partial charge in [-0.25, -0.2) is 4.79 Å². The number of hydrogen-bond donors (Lipinski definition) is 0. The minimum absolute atomic E-state index is 0.0705. The van der Waals surface area contributed by atoms with Gasteiger partial charge in [-0.2, -0.15) is 0 Å². The van der Waals surface area contributed by atoms with Crippen molar-refractivity contribution < 1.29 is 14.3 Å². The Morgan fingerprint density at radius 2 is 1.68 bits per heavy atom. The smallest absolute Gasteiger partial charge is 0.410 e. The topological polar surface area (TPSA) is 56.3 Å². The minimum atomic E-state index is -0.439. The number of halogens is 1. The molecule has 3 aliphatic heterocycles. The van der Waals surface area contributed by atoms with E-state index in [2.05, 4.69) is 9.80 Å². The summed E-state index contributed by atoms with van der Waals surface area (Å²) >= 11 is 6.43. The van der Waals surface area contributed by atoms with Crippen molar-refractivity contribution in [2.75, 3.05) is 58.3 Å². The van der Waals surface area contributed by atoms with E-state index in [1.54, 1.807) is 19.0 Å². The average Bonchev–Trinajstić information content (AvgIpc) is 2.76. The van der Waals surface area contributed by atoms with E-state index in [-0.39, 0.29) is 12.0 Å². The molecule has 7 nitrogen and oxygen atoms in total. The summed E-state index contributed by atoms with van der Waals surface area (Å²) in [5.74, 6) is -0.0705. The molecule has 0 aromatic heterocycles. The predicted octanol–water partition coefficient (Wildman–Crippen LogP) is 4.34. The minimum Gasteiger partial charge on any atom is -0.444 e. The molecule has 1 aromatic carbocycles. The van der Waals surface area contributed by atoms with Crippen LogP contribution in [-0.2, 0) is 4.74 Å². The fourth-order valence-electron chi connectivity index (χ4n) is 5.48. The van der Waals surface area contributed by atoms with E-state index < -0.39 is 5.60 Å². The average molecular weight is 491 g/mol. The largest absolute Gasteiger partial charge is 0.444 e. The molecule has 188 valence electrons. The van der Waals surface area contributed by atoms with Crippen LogP contribution in [0.3, 0.4) is 0 Å². The van der Waals surface area contributed by atoms with Gasteiger partial charge in [0.25, 0.3) is 5.91 Å². The van der Waals surface area contributed by atoms with Crippen LogP contribution in [0.2, 0.25) is 5.02 Å². The third kappa shape index (κ3) is 5.46. The normalized spacial score (nSPS) is 21.4. The Morgan fingerprint density at radius 1 is 1.06 bits per heavy atom. The van der Waals surface area contributed by atoms with Crippen LogP contribution in [0.4, 0.5) is 10.5 Å². The predicted molar refractivity (Wildman–Crippen MR) is 136 cm³/mol. The van der Waals surface area contributed by atoms with Crippen molar-refractivity contribution in [3.05, 3.63) is 28.8 Å². The summed E-state index contributed by atoms with van der Waals surface area (Å²) in [7, 11) is 3.48. The van der Waals surface area contributed by atoms with Gasteiger partial charge in [0.05, 0.1) is 10.6 Å². The van der Waals surface area contributed by atoms with Gasteiger partial charge in [0.15, 0.2) is 0 Å². The van der Waals surface area contributed by atoms with E-state index in [1.165, 1.54) is 0 Å². The summed E-state index contributed by atoms with van der Waals surface area (Å²) in [4.78, 5) is 33.0. The molecule has 3 aliphatic rings. The highest BCUT2D eigenvalue weighted by Crippen LogP contribution is 2.43.